The van der Waals surface area contributed by atoms with Gasteiger partial charge in [0.25, 0.3) is 0 Å². The first-order valence-electron chi connectivity index (χ1n) is 10.1. The summed E-state index contributed by atoms with van der Waals surface area (Å²) < 4.78 is 16.6. The van der Waals surface area contributed by atoms with Crippen LogP contribution in [0.5, 0.6) is 0 Å². The first-order valence-corrected chi connectivity index (χ1v) is 10.1. The van der Waals surface area contributed by atoms with E-state index in [1.165, 1.54) is 6.07 Å². The van der Waals surface area contributed by atoms with Crippen LogP contribution in [0.3, 0.4) is 0 Å². The third-order valence-electron chi connectivity index (χ3n) is 5.20. The Labute approximate surface area is 181 Å². The molecule has 0 N–H and O–H groups in total. The monoisotopic (exact) mass is 411 g/mol. The second-order valence-corrected chi connectivity index (χ2v) is 7.23. The largest absolute Gasteiger partial charge is 0.331 e. The minimum atomic E-state index is -0.313. The smallest absolute Gasteiger partial charge is 0.181 e. The van der Waals surface area contributed by atoms with Crippen LogP contribution in [0.4, 0.5) is 15.8 Å². The summed E-state index contributed by atoms with van der Waals surface area (Å²) in [7, 11) is 1.84. The Balaban J connectivity index is 1.77. The highest BCUT2D eigenvalue weighted by Crippen LogP contribution is 2.31. The molecule has 0 unspecified atom stereocenters. The van der Waals surface area contributed by atoms with Gasteiger partial charge in [0.05, 0.1) is 23.9 Å². The van der Waals surface area contributed by atoms with Crippen LogP contribution in [0.25, 0.3) is 11.4 Å². The van der Waals surface area contributed by atoms with Gasteiger partial charge in [-0.1, -0.05) is 43.3 Å². The number of nitriles is 1. The Kier molecular flexibility index (Phi) is 5.76. The van der Waals surface area contributed by atoms with E-state index in [1.54, 1.807) is 22.9 Å². The molecule has 6 heteroatoms. The van der Waals surface area contributed by atoms with E-state index in [0.717, 1.165) is 23.2 Å². The molecule has 0 spiro atoms. The molecular weight excluding hydrogens is 389 g/mol. The Bertz CT molecular complexity index is 1220. The van der Waals surface area contributed by atoms with Gasteiger partial charge >= 0.3 is 0 Å². The van der Waals surface area contributed by atoms with Crippen LogP contribution in [0.1, 0.15) is 23.9 Å². The van der Waals surface area contributed by atoms with Gasteiger partial charge in [0.1, 0.15) is 11.6 Å². The number of hydrogen-bond donors (Lipinski definition) is 0. The summed E-state index contributed by atoms with van der Waals surface area (Å²) in [4.78, 5) is 6.58. The fourth-order valence-electron chi connectivity index (χ4n) is 3.42. The number of anilines is 2. The summed E-state index contributed by atoms with van der Waals surface area (Å²) in [5, 5.41) is 13.7. The number of hydrogen-bond acceptors (Lipinski definition) is 4. The Hall–Kier alpha value is -3.98. The minimum Gasteiger partial charge on any atom is -0.331 e. The second kappa shape index (κ2) is 8.80. The van der Waals surface area contributed by atoms with E-state index in [-0.39, 0.29) is 5.82 Å². The SMILES string of the molecule is CCc1ccc(F)c(N(Cc2nc(-c3ccccc3)nn2C)c2ccc(C#N)cc2)c1. The normalized spacial score (nSPS) is 10.6. The van der Waals surface area contributed by atoms with Crippen LogP contribution in [0, 0.1) is 17.1 Å². The van der Waals surface area contributed by atoms with E-state index in [2.05, 4.69) is 11.2 Å². The highest BCUT2D eigenvalue weighted by atomic mass is 19.1. The molecule has 1 aromatic heterocycles. The predicted octanol–water partition coefficient (Wildman–Crippen LogP) is 5.39. The van der Waals surface area contributed by atoms with E-state index >= 15 is 0 Å². The molecule has 0 aliphatic heterocycles. The van der Waals surface area contributed by atoms with Gasteiger partial charge in [0.15, 0.2) is 5.82 Å². The second-order valence-electron chi connectivity index (χ2n) is 7.23. The lowest BCUT2D eigenvalue weighted by atomic mass is 10.1. The molecule has 4 aromatic rings. The molecule has 0 amide bonds. The highest BCUT2D eigenvalue weighted by Gasteiger charge is 2.19. The zero-order chi connectivity index (χ0) is 21.8. The Morgan fingerprint density at radius 3 is 2.45 bits per heavy atom. The highest BCUT2D eigenvalue weighted by molar-refractivity contribution is 5.65. The maximum atomic E-state index is 14.9. The van der Waals surface area contributed by atoms with Crippen molar-refractivity contribution in [3.63, 3.8) is 0 Å². The van der Waals surface area contributed by atoms with Crippen LogP contribution in [-0.4, -0.2) is 14.8 Å². The molecule has 0 fully saturated rings. The van der Waals surface area contributed by atoms with Gasteiger partial charge in [-0.3, -0.25) is 4.68 Å². The van der Waals surface area contributed by atoms with Crippen LogP contribution >= 0.6 is 0 Å². The van der Waals surface area contributed by atoms with Crippen molar-refractivity contribution >= 4 is 11.4 Å². The number of aryl methyl sites for hydroxylation is 2. The average molecular weight is 411 g/mol. The molecule has 31 heavy (non-hydrogen) atoms. The number of halogens is 1. The van der Waals surface area contributed by atoms with E-state index in [4.69, 9.17) is 10.2 Å². The van der Waals surface area contributed by atoms with Gasteiger partial charge in [-0.25, -0.2) is 9.37 Å². The average Bonchev–Trinajstić information content (AvgIpc) is 3.19. The zero-order valence-corrected chi connectivity index (χ0v) is 17.5. The summed E-state index contributed by atoms with van der Waals surface area (Å²) in [5.41, 5.74) is 3.76. The van der Waals surface area contributed by atoms with Gasteiger partial charge < -0.3 is 4.90 Å². The van der Waals surface area contributed by atoms with Crippen molar-refractivity contribution in [2.45, 2.75) is 19.9 Å². The maximum absolute atomic E-state index is 14.9. The van der Waals surface area contributed by atoms with E-state index in [1.807, 2.05) is 67.4 Å². The molecule has 0 saturated carbocycles. The summed E-state index contributed by atoms with van der Waals surface area (Å²) in [5.74, 6) is 1.01. The first kappa shape index (κ1) is 20.3. The van der Waals surface area contributed by atoms with Crippen molar-refractivity contribution in [3.8, 4) is 17.5 Å². The molecule has 3 aromatic carbocycles. The lowest BCUT2D eigenvalue weighted by Crippen LogP contribution is -2.20. The summed E-state index contributed by atoms with van der Waals surface area (Å²) >= 11 is 0. The lowest BCUT2D eigenvalue weighted by Gasteiger charge is -2.25. The standard InChI is InChI=1S/C25H22FN5/c1-3-18-11-14-22(26)23(15-18)31(21-12-9-19(16-27)10-13-21)17-24-28-25(29-30(24)2)20-7-5-4-6-8-20/h4-15H,3,17H2,1-2H3. The number of aromatic nitrogens is 3. The molecule has 0 aliphatic carbocycles. The van der Waals surface area contributed by atoms with Crippen molar-refractivity contribution in [2.24, 2.45) is 7.05 Å². The minimum absolute atomic E-state index is 0.313. The Morgan fingerprint density at radius 2 is 1.77 bits per heavy atom. The van der Waals surface area contributed by atoms with Gasteiger partial charge in [0, 0.05) is 18.3 Å². The van der Waals surface area contributed by atoms with Gasteiger partial charge in [0.2, 0.25) is 0 Å². The van der Waals surface area contributed by atoms with E-state index in [0.29, 0.717) is 29.4 Å². The molecule has 0 bridgehead atoms. The van der Waals surface area contributed by atoms with E-state index in [9.17, 15) is 4.39 Å². The van der Waals surface area contributed by atoms with Crippen LogP contribution in [-0.2, 0) is 20.0 Å². The predicted molar refractivity (Wildman–Crippen MR) is 119 cm³/mol. The molecular formula is C25H22FN5. The Morgan fingerprint density at radius 1 is 1.03 bits per heavy atom. The van der Waals surface area contributed by atoms with Crippen molar-refractivity contribution in [3.05, 3.63) is 95.6 Å². The molecule has 0 atom stereocenters. The third-order valence-corrected chi connectivity index (χ3v) is 5.20. The quantitative estimate of drug-likeness (QED) is 0.427. The molecule has 0 aliphatic rings. The summed E-state index contributed by atoms with van der Waals surface area (Å²) in [6.45, 7) is 2.37. The van der Waals surface area contributed by atoms with Crippen molar-refractivity contribution in [1.82, 2.24) is 14.8 Å². The fraction of sp³-hybridized carbons (Fsp3) is 0.160. The molecule has 4 rings (SSSR count). The fourth-order valence-corrected chi connectivity index (χ4v) is 3.42. The van der Waals surface area contributed by atoms with E-state index < -0.39 is 0 Å². The lowest BCUT2D eigenvalue weighted by molar-refractivity contribution is 0.619. The molecule has 0 radical (unpaired) electrons. The first-order chi connectivity index (χ1) is 15.1. The zero-order valence-electron chi connectivity index (χ0n) is 17.5. The molecule has 1 heterocycles. The third kappa shape index (κ3) is 4.31. The summed E-state index contributed by atoms with van der Waals surface area (Å²) in [6.07, 6.45) is 0.802. The van der Waals surface area contributed by atoms with Crippen LogP contribution in [0.2, 0.25) is 0 Å². The van der Waals surface area contributed by atoms with Gasteiger partial charge in [-0.2, -0.15) is 10.4 Å². The summed E-state index contributed by atoms with van der Waals surface area (Å²) in [6, 6.07) is 24.2. The number of benzene rings is 3. The number of nitrogens with zero attached hydrogens (tertiary/aromatic N) is 5. The van der Waals surface area contributed by atoms with Gasteiger partial charge in [-0.05, 0) is 48.4 Å². The molecule has 5 nitrogen and oxygen atoms in total. The van der Waals surface area contributed by atoms with Crippen molar-refractivity contribution in [2.75, 3.05) is 4.90 Å². The van der Waals surface area contributed by atoms with Crippen molar-refractivity contribution in [1.29, 1.82) is 5.26 Å². The van der Waals surface area contributed by atoms with Crippen molar-refractivity contribution < 1.29 is 4.39 Å². The molecule has 0 saturated heterocycles. The maximum Gasteiger partial charge on any atom is 0.181 e. The van der Waals surface area contributed by atoms with Crippen LogP contribution < -0.4 is 4.90 Å². The topological polar surface area (TPSA) is 57.7 Å². The van der Waals surface area contributed by atoms with Crippen LogP contribution in [0.15, 0.2) is 72.8 Å². The van der Waals surface area contributed by atoms with Gasteiger partial charge in [-0.15, -0.1) is 0 Å². The molecule has 154 valence electrons. The number of rotatable bonds is 6.